The van der Waals surface area contributed by atoms with Crippen LogP contribution in [0, 0.1) is 0 Å². The summed E-state index contributed by atoms with van der Waals surface area (Å²) in [7, 11) is 4.67. The van der Waals surface area contributed by atoms with Crippen molar-refractivity contribution in [2.75, 3.05) is 27.9 Å². The van der Waals surface area contributed by atoms with E-state index in [1.54, 1.807) is 26.4 Å². The van der Waals surface area contributed by atoms with Crippen molar-refractivity contribution in [1.29, 1.82) is 0 Å². The first-order valence-corrected chi connectivity index (χ1v) is 5.65. The lowest BCUT2D eigenvalue weighted by atomic mass is 10.0. The van der Waals surface area contributed by atoms with E-state index in [-0.39, 0.29) is 5.78 Å². The summed E-state index contributed by atoms with van der Waals surface area (Å²) in [6, 6.07) is 3.42. The van der Waals surface area contributed by atoms with Gasteiger partial charge in [-0.05, 0) is 18.7 Å². The van der Waals surface area contributed by atoms with E-state index in [0.29, 0.717) is 36.6 Å². The Labute approximate surface area is 107 Å². The maximum Gasteiger partial charge on any atom is 0.166 e. The molecule has 0 amide bonds. The van der Waals surface area contributed by atoms with E-state index in [9.17, 15) is 4.79 Å². The van der Waals surface area contributed by atoms with Crippen LogP contribution in [0.15, 0.2) is 12.1 Å². The number of hydrogen-bond acceptors (Lipinski definition) is 5. The third kappa shape index (κ3) is 3.21. The Morgan fingerprint density at radius 2 is 1.94 bits per heavy atom. The van der Waals surface area contributed by atoms with Gasteiger partial charge in [-0.25, -0.2) is 0 Å². The molecule has 2 N–H and O–H groups in total. The van der Waals surface area contributed by atoms with Gasteiger partial charge in [0.1, 0.15) is 0 Å². The molecule has 18 heavy (non-hydrogen) atoms. The highest BCUT2D eigenvalue weighted by Crippen LogP contribution is 2.33. The molecule has 5 heteroatoms. The maximum absolute atomic E-state index is 11.9. The van der Waals surface area contributed by atoms with Gasteiger partial charge >= 0.3 is 0 Å². The van der Waals surface area contributed by atoms with Crippen molar-refractivity contribution in [3.8, 4) is 11.5 Å². The topological polar surface area (TPSA) is 70.8 Å². The number of hydrogen-bond donors (Lipinski definition) is 1. The molecule has 0 unspecified atom stereocenters. The number of rotatable bonds is 7. The minimum absolute atomic E-state index is 0.0178. The first-order chi connectivity index (χ1) is 8.67. The Bertz CT molecular complexity index is 418. The number of benzene rings is 1. The zero-order valence-corrected chi connectivity index (χ0v) is 11.0. The standard InChI is InChI=1S/C13H19NO4/c1-16-8-10-6-9(11(15)4-5-14)7-12(17-2)13(10)18-3/h6-7H,4-5,8,14H2,1-3H3. The van der Waals surface area contributed by atoms with Crippen LogP contribution >= 0.6 is 0 Å². The van der Waals surface area contributed by atoms with E-state index >= 15 is 0 Å². The molecule has 100 valence electrons. The highest BCUT2D eigenvalue weighted by molar-refractivity contribution is 5.97. The van der Waals surface area contributed by atoms with Crippen LogP contribution in [0.25, 0.3) is 0 Å². The van der Waals surface area contributed by atoms with Gasteiger partial charge in [0.25, 0.3) is 0 Å². The van der Waals surface area contributed by atoms with Crippen molar-refractivity contribution in [2.24, 2.45) is 5.73 Å². The SMILES string of the molecule is COCc1cc(C(=O)CCN)cc(OC)c1OC. The van der Waals surface area contributed by atoms with Crippen molar-refractivity contribution in [3.63, 3.8) is 0 Å². The molecule has 1 aromatic rings. The normalized spacial score (nSPS) is 10.2. The highest BCUT2D eigenvalue weighted by atomic mass is 16.5. The minimum atomic E-state index is -0.0178. The number of nitrogens with two attached hydrogens (primary N) is 1. The third-order valence-corrected chi connectivity index (χ3v) is 2.55. The number of Topliss-reactive ketones (excluding diaryl/α,β-unsaturated/α-hetero) is 1. The minimum Gasteiger partial charge on any atom is -0.493 e. The second-order valence-electron chi connectivity index (χ2n) is 3.77. The summed E-state index contributed by atoms with van der Waals surface area (Å²) in [5.41, 5.74) is 6.73. The van der Waals surface area contributed by atoms with Gasteiger partial charge in [0.2, 0.25) is 0 Å². The predicted octanol–water partition coefficient (Wildman–Crippen LogP) is 1.38. The van der Waals surface area contributed by atoms with Gasteiger partial charge in [-0.2, -0.15) is 0 Å². The fraction of sp³-hybridized carbons (Fsp3) is 0.462. The molecule has 0 aromatic heterocycles. The van der Waals surface area contributed by atoms with Gasteiger partial charge < -0.3 is 19.9 Å². The number of ketones is 1. The van der Waals surface area contributed by atoms with Gasteiger partial charge in [0.05, 0.1) is 20.8 Å². The van der Waals surface area contributed by atoms with E-state index in [0.717, 1.165) is 5.56 Å². The molecule has 0 heterocycles. The Kier molecular flexibility index (Phi) is 5.61. The monoisotopic (exact) mass is 253 g/mol. The zero-order chi connectivity index (χ0) is 13.5. The van der Waals surface area contributed by atoms with Crippen LogP contribution in [0.4, 0.5) is 0 Å². The van der Waals surface area contributed by atoms with Gasteiger partial charge in [0.15, 0.2) is 17.3 Å². The average Bonchev–Trinajstić information content (AvgIpc) is 2.38. The smallest absolute Gasteiger partial charge is 0.166 e. The predicted molar refractivity (Wildman–Crippen MR) is 68.3 cm³/mol. The molecule has 0 fully saturated rings. The van der Waals surface area contributed by atoms with Crippen LogP contribution in [0.2, 0.25) is 0 Å². The van der Waals surface area contributed by atoms with E-state index in [4.69, 9.17) is 19.9 Å². The third-order valence-electron chi connectivity index (χ3n) is 2.55. The lowest BCUT2D eigenvalue weighted by Crippen LogP contribution is -2.09. The summed E-state index contributed by atoms with van der Waals surface area (Å²) in [6.45, 7) is 0.677. The Hall–Kier alpha value is -1.59. The van der Waals surface area contributed by atoms with E-state index < -0.39 is 0 Å². The number of carbonyl (C=O) groups excluding carboxylic acids is 1. The van der Waals surface area contributed by atoms with Crippen LogP contribution in [0.3, 0.4) is 0 Å². The van der Waals surface area contributed by atoms with Crippen molar-refractivity contribution < 1.29 is 19.0 Å². The maximum atomic E-state index is 11.9. The van der Waals surface area contributed by atoms with Crippen LogP contribution in [0.5, 0.6) is 11.5 Å². The van der Waals surface area contributed by atoms with Crippen molar-refractivity contribution in [1.82, 2.24) is 0 Å². The number of carbonyl (C=O) groups is 1. The second kappa shape index (κ2) is 6.98. The first kappa shape index (κ1) is 14.5. The molecule has 1 rings (SSSR count). The fourth-order valence-corrected chi connectivity index (χ4v) is 1.74. The molecule has 0 saturated heterocycles. The lowest BCUT2D eigenvalue weighted by Gasteiger charge is -2.14. The van der Waals surface area contributed by atoms with E-state index in [1.807, 2.05) is 0 Å². The molecule has 0 aliphatic carbocycles. The van der Waals surface area contributed by atoms with Gasteiger partial charge in [-0.15, -0.1) is 0 Å². The summed E-state index contributed by atoms with van der Waals surface area (Å²) in [4.78, 5) is 11.9. The number of methoxy groups -OCH3 is 3. The Morgan fingerprint density at radius 3 is 2.44 bits per heavy atom. The second-order valence-corrected chi connectivity index (χ2v) is 3.77. The molecular weight excluding hydrogens is 234 g/mol. The molecule has 1 aromatic carbocycles. The summed E-state index contributed by atoms with van der Waals surface area (Å²) in [5.74, 6) is 1.09. The quantitative estimate of drug-likeness (QED) is 0.743. The molecule has 0 atom stereocenters. The van der Waals surface area contributed by atoms with Crippen molar-refractivity contribution in [3.05, 3.63) is 23.3 Å². The lowest BCUT2D eigenvalue weighted by molar-refractivity contribution is 0.0984. The first-order valence-electron chi connectivity index (χ1n) is 5.65. The summed E-state index contributed by atoms with van der Waals surface area (Å²) in [5, 5.41) is 0. The van der Waals surface area contributed by atoms with Crippen LogP contribution < -0.4 is 15.2 Å². The van der Waals surface area contributed by atoms with Gasteiger partial charge in [-0.1, -0.05) is 0 Å². The van der Waals surface area contributed by atoms with E-state index in [2.05, 4.69) is 0 Å². The van der Waals surface area contributed by atoms with Crippen LogP contribution in [-0.4, -0.2) is 33.7 Å². The molecular formula is C13H19NO4. The largest absolute Gasteiger partial charge is 0.493 e. The molecule has 0 spiro atoms. The number of ether oxygens (including phenoxy) is 3. The zero-order valence-electron chi connectivity index (χ0n) is 11.0. The van der Waals surface area contributed by atoms with Crippen molar-refractivity contribution in [2.45, 2.75) is 13.0 Å². The molecule has 0 aliphatic rings. The van der Waals surface area contributed by atoms with Gasteiger partial charge in [-0.3, -0.25) is 4.79 Å². The Balaban J connectivity index is 3.22. The Morgan fingerprint density at radius 1 is 1.22 bits per heavy atom. The van der Waals surface area contributed by atoms with Gasteiger partial charge in [0, 0.05) is 24.7 Å². The highest BCUT2D eigenvalue weighted by Gasteiger charge is 2.15. The molecule has 0 bridgehead atoms. The summed E-state index contributed by atoms with van der Waals surface area (Å²) in [6.07, 6.45) is 0.307. The van der Waals surface area contributed by atoms with Crippen LogP contribution in [0.1, 0.15) is 22.3 Å². The molecule has 0 saturated carbocycles. The molecule has 0 radical (unpaired) electrons. The average molecular weight is 253 g/mol. The fourth-order valence-electron chi connectivity index (χ4n) is 1.74. The molecule has 0 aliphatic heterocycles. The van der Waals surface area contributed by atoms with Crippen molar-refractivity contribution >= 4 is 5.78 Å². The molecule has 5 nitrogen and oxygen atoms in total. The summed E-state index contributed by atoms with van der Waals surface area (Å²) < 4.78 is 15.6. The van der Waals surface area contributed by atoms with E-state index in [1.165, 1.54) is 7.11 Å². The summed E-state index contributed by atoms with van der Waals surface area (Å²) >= 11 is 0. The van der Waals surface area contributed by atoms with Crippen LogP contribution in [-0.2, 0) is 11.3 Å².